The Hall–Kier alpha value is -2.11. The van der Waals surface area contributed by atoms with Crippen molar-refractivity contribution >= 4 is 11.9 Å². The second-order valence-electron chi connectivity index (χ2n) is 5.29. The minimum Gasteiger partial charge on any atom is -0.481 e. The van der Waals surface area contributed by atoms with E-state index in [-0.39, 0.29) is 5.91 Å². The Morgan fingerprint density at radius 2 is 2.10 bits per heavy atom. The summed E-state index contributed by atoms with van der Waals surface area (Å²) in [5.41, 5.74) is 1.03. The molecule has 2 rings (SSSR count). The molecule has 114 valence electrons. The third kappa shape index (κ3) is 4.18. The van der Waals surface area contributed by atoms with Crippen LogP contribution in [-0.4, -0.2) is 54.1 Å². The van der Waals surface area contributed by atoms with Gasteiger partial charge in [-0.3, -0.25) is 4.79 Å². The van der Waals surface area contributed by atoms with Crippen LogP contribution in [0.2, 0.25) is 0 Å². The van der Waals surface area contributed by atoms with E-state index in [4.69, 9.17) is 4.74 Å². The lowest BCUT2D eigenvalue weighted by atomic mass is 10.3. The van der Waals surface area contributed by atoms with E-state index in [9.17, 15) is 4.79 Å². The van der Waals surface area contributed by atoms with Gasteiger partial charge in [-0.05, 0) is 20.3 Å². The molecular formula is C15H22N4O2. The molecule has 0 aliphatic carbocycles. The van der Waals surface area contributed by atoms with E-state index >= 15 is 0 Å². The van der Waals surface area contributed by atoms with Crippen LogP contribution in [0, 0.1) is 0 Å². The molecule has 0 radical (unpaired) electrons. The van der Waals surface area contributed by atoms with Gasteiger partial charge < -0.3 is 14.5 Å². The molecule has 1 amide bonds. The first kappa shape index (κ1) is 15.3. The molecule has 1 saturated heterocycles. The lowest BCUT2D eigenvalue weighted by Gasteiger charge is -2.21. The molecule has 0 spiro atoms. The first-order chi connectivity index (χ1) is 10.1. The molecule has 0 saturated carbocycles. The summed E-state index contributed by atoms with van der Waals surface area (Å²) in [5.74, 6) is 1.30. The predicted octanol–water partition coefficient (Wildman–Crippen LogP) is 1.49. The maximum atomic E-state index is 12.1. The van der Waals surface area contributed by atoms with Crippen LogP contribution in [0.4, 0.5) is 5.95 Å². The fourth-order valence-electron chi connectivity index (χ4n) is 2.27. The van der Waals surface area contributed by atoms with E-state index in [0.29, 0.717) is 18.4 Å². The van der Waals surface area contributed by atoms with Crippen LogP contribution in [0.3, 0.4) is 0 Å². The number of hydrogen-bond acceptors (Lipinski definition) is 5. The summed E-state index contributed by atoms with van der Waals surface area (Å²) in [5, 5.41) is 0. The van der Waals surface area contributed by atoms with Gasteiger partial charge in [0.25, 0.3) is 0 Å². The van der Waals surface area contributed by atoms with Crippen LogP contribution >= 0.6 is 0 Å². The van der Waals surface area contributed by atoms with E-state index in [1.54, 1.807) is 25.4 Å². The molecule has 6 heteroatoms. The van der Waals surface area contributed by atoms with Crippen molar-refractivity contribution in [3.63, 3.8) is 0 Å². The summed E-state index contributed by atoms with van der Waals surface area (Å²) in [6.45, 7) is 6.89. The second-order valence-corrected chi connectivity index (χ2v) is 5.29. The molecule has 0 bridgehead atoms. The van der Waals surface area contributed by atoms with Gasteiger partial charge in [0.05, 0.1) is 7.11 Å². The highest BCUT2D eigenvalue weighted by Crippen LogP contribution is 2.15. The summed E-state index contributed by atoms with van der Waals surface area (Å²) < 4.78 is 5.13. The molecule has 0 N–H and O–H groups in total. The van der Waals surface area contributed by atoms with E-state index in [0.717, 1.165) is 31.6 Å². The van der Waals surface area contributed by atoms with Gasteiger partial charge in [0.15, 0.2) is 0 Å². The molecule has 0 unspecified atom stereocenters. The highest BCUT2D eigenvalue weighted by molar-refractivity contribution is 5.88. The molecule has 1 aliphatic heterocycles. The third-order valence-electron chi connectivity index (χ3n) is 3.33. The van der Waals surface area contributed by atoms with E-state index in [1.165, 1.54) is 0 Å². The topological polar surface area (TPSA) is 58.6 Å². The molecule has 6 nitrogen and oxygen atoms in total. The molecule has 1 aliphatic rings. The summed E-state index contributed by atoms with van der Waals surface area (Å²) in [6, 6.07) is 1.73. The van der Waals surface area contributed by atoms with Gasteiger partial charge in [-0.2, -0.15) is 4.98 Å². The largest absolute Gasteiger partial charge is 0.481 e. The van der Waals surface area contributed by atoms with Crippen LogP contribution in [-0.2, 0) is 4.79 Å². The quantitative estimate of drug-likeness (QED) is 0.789. The van der Waals surface area contributed by atoms with Gasteiger partial charge in [-0.15, -0.1) is 0 Å². The zero-order valence-electron chi connectivity index (χ0n) is 12.9. The minimum atomic E-state index is 0.0865. The number of hydrogen-bond donors (Lipinski definition) is 0. The van der Waals surface area contributed by atoms with Crippen molar-refractivity contribution in [1.82, 2.24) is 14.9 Å². The highest BCUT2D eigenvalue weighted by Gasteiger charge is 2.19. The Bertz CT molecular complexity index is 526. The fraction of sp³-hybridized carbons (Fsp3) is 0.533. The number of rotatable bonds is 3. The first-order valence-corrected chi connectivity index (χ1v) is 7.16. The van der Waals surface area contributed by atoms with Crippen molar-refractivity contribution in [1.29, 1.82) is 0 Å². The maximum absolute atomic E-state index is 12.1. The maximum Gasteiger partial charge on any atom is 0.246 e. The highest BCUT2D eigenvalue weighted by atomic mass is 16.5. The van der Waals surface area contributed by atoms with Crippen LogP contribution in [0.1, 0.15) is 20.3 Å². The van der Waals surface area contributed by atoms with Gasteiger partial charge in [0.2, 0.25) is 17.7 Å². The SMILES string of the molecule is COc1ccnc(N2CCCN(C(=O)C=C(C)C)CC2)n1. The average Bonchev–Trinajstić information content (AvgIpc) is 2.72. The van der Waals surface area contributed by atoms with E-state index in [2.05, 4.69) is 14.9 Å². The Kier molecular flexibility index (Phi) is 5.14. The summed E-state index contributed by atoms with van der Waals surface area (Å²) in [6.07, 6.45) is 4.29. The Morgan fingerprint density at radius 3 is 2.81 bits per heavy atom. The number of amides is 1. The summed E-state index contributed by atoms with van der Waals surface area (Å²) >= 11 is 0. The number of carbonyl (C=O) groups is 1. The molecule has 2 heterocycles. The van der Waals surface area contributed by atoms with E-state index < -0.39 is 0 Å². The van der Waals surface area contributed by atoms with Crippen molar-refractivity contribution in [3.8, 4) is 5.88 Å². The number of anilines is 1. The zero-order chi connectivity index (χ0) is 15.2. The van der Waals surface area contributed by atoms with Gasteiger partial charge >= 0.3 is 0 Å². The normalized spacial score (nSPS) is 15.4. The molecule has 21 heavy (non-hydrogen) atoms. The van der Waals surface area contributed by atoms with Crippen molar-refractivity contribution in [2.45, 2.75) is 20.3 Å². The minimum absolute atomic E-state index is 0.0865. The zero-order valence-corrected chi connectivity index (χ0v) is 12.9. The lowest BCUT2D eigenvalue weighted by Crippen LogP contribution is -2.34. The van der Waals surface area contributed by atoms with Gasteiger partial charge in [0, 0.05) is 44.5 Å². The van der Waals surface area contributed by atoms with Gasteiger partial charge in [0.1, 0.15) is 0 Å². The molecule has 0 aromatic carbocycles. The van der Waals surface area contributed by atoms with Gasteiger partial charge in [-0.1, -0.05) is 5.57 Å². The number of carbonyl (C=O) groups excluding carboxylic acids is 1. The van der Waals surface area contributed by atoms with Crippen LogP contribution < -0.4 is 9.64 Å². The molecule has 1 fully saturated rings. The monoisotopic (exact) mass is 290 g/mol. The molecular weight excluding hydrogens is 268 g/mol. The number of methoxy groups -OCH3 is 1. The number of allylic oxidation sites excluding steroid dienone is 1. The Morgan fingerprint density at radius 1 is 1.29 bits per heavy atom. The molecule has 0 atom stereocenters. The second kappa shape index (κ2) is 7.06. The molecule has 1 aromatic heterocycles. The van der Waals surface area contributed by atoms with Gasteiger partial charge in [-0.25, -0.2) is 4.98 Å². The molecule has 1 aromatic rings. The average molecular weight is 290 g/mol. The predicted molar refractivity (Wildman–Crippen MR) is 81.4 cm³/mol. The fourth-order valence-corrected chi connectivity index (χ4v) is 2.27. The van der Waals surface area contributed by atoms with Crippen molar-refractivity contribution in [2.75, 3.05) is 38.2 Å². The number of aromatic nitrogens is 2. The lowest BCUT2D eigenvalue weighted by molar-refractivity contribution is -0.125. The van der Waals surface area contributed by atoms with Crippen molar-refractivity contribution < 1.29 is 9.53 Å². The smallest absolute Gasteiger partial charge is 0.246 e. The number of nitrogens with zero attached hydrogens (tertiary/aromatic N) is 4. The third-order valence-corrected chi connectivity index (χ3v) is 3.33. The standard InChI is InChI=1S/C15H22N4O2/c1-12(2)11-14(20)18-7-4-8-19(10-9-18)15-16-6-5-13(17-15)21-3/h5-6,11H,4,7-10H2,1-3H3. The summed E-state index contributed by atoms with van der Waals surface area (Å²) in [7, 11) is 1.59. The van der Waals surface area contributed by atoms with Crippen molar-refractivity contribution in [3.05, 3.63) is 23.9 Å². The van der Waals surface area contributed by atoms with E-state index in [1.807, 2.05) is 18.7 Å². The van der Waals surface area contributed by atoms with Crippen LogP contribution in [0.25, 0.3) is 0 Å². The van der Waals surface area contributed by atoms with Crippen LogP contribution in [0.15, 0.2) is 23.9 Å². The Labute approximate surface area is 125 Å². The first-order valence-electron chi connectivity index (χ1n) is 7.16. The summed E-state index contributed by atoms with van der Waals surface area (Å²) in [4.78, 5) is 24.7. The Balaban J connectivity index is 2.03. The van der Waals surface area contributed by atoms with Crippen molar-refractivity contribution in [2.24, 2.45) is 0 Å². The number of ether oxygens (including phenoxy) is 1. The van der Waals surface area contributed by atoms with Crippen LogP contribution in [0.5, 0.6) is 5.88 Å².